The molecule has 0 aliphatic heterocycles. The van der Waals surface area contributed by atoms with Gasteiger partial charge < -0.3 is 9.88 Å². The smallest absolute Gasteiger partial charge is 0.259 e. The van der Waals surface area contributed by atoms with Crippen molar-refractivity contribution in [1.82, 2.24) is 14.0 Å². The van der Waals surface area contributed by atoms with Crippen LogP contribution in [0.5, 0.6) is 0 Å². The molecule has 0 bridgehead atoms. The summed E-state index contributed by atoms with van der Waals surface area (Å²) in [6.45, 7) is 3.83. The van der Waals surface area contributed by atoms with Gasteiger partial charge in [0.25, 0.3) is 5.56 Å². The highest BCUT2D eigenvalue weighted by Gasteiger charge is 2.15. The third-order valence-corrected chi connectivity index (χ3v) is 4.48. The van der Waals surface area contributed by atoms with Crippen molar-refractivity contribution in [3.63, 3.8) is 0 Å². The monoisotopic (exact) mass is 346 g/mol. The van der Waals surface area contributed by atoms with E-state index in [0.717, 1.165) is 22.3 Å². The average molecular weight is 346 g/mol. The predicted octanol–water partition coefficient (Wildman–Crippen LogP) is 2.90. The fourth-order valence-corrected chi connectivity index (χ4v) is 3.13. The Hall–Kier alpha value is -3.41. The van der Waals surface area contributed by atoms with E-state index in [1.807, 2.05) is 62.4 Å². The van der Waals surface area contributed by atoms with Crippen LogP contribution in [0.4, 0.5) is 5.69 Å². The topological polar surface area (TPSA) is 68.4 Å². The molecule has 2 aromatic carbocycles. The molecule has 0 spiro atoms. The third kappa shape index (κ3) is 2.65. The van der Waals surface area contributed by atoms with Crippen molar-refractivity contribution in [2.24, 2.45) is 0 Å². The molecular formula is C20H18N4O2. The largest absolute Gasteiger partial charge is 0.324 e. The molecule has 0 atom stereocenters. The van der Waals surface area contributed by atoms with Crippen molar-refractivity contribution in [2.75, 3.05) is 5.32 Å². The van der Waals surface area contributed by atoms with Crippen LogP contribution in [0, 0.1) is 13.8 Å². The number of anilines is 1. The number of para-hydroxylation sites is 3. The Morgan fingerprint density at radius 3 is 2.62 bits per heavy atom. The fraction of sp³-hybridized carbons (Fsp3) is 0.150. The molecule has 0 saturated carbocycles. The number of fused-ring (bicyclic) bond motifs is 3. The van der Waals surface area contributed by atoms with E-state index in [2.05, 4.69) is 10.3 Å². The van der Waals surface area contributed by atoms with Gasteiger partial charge in [0.2, 0.25) is 11.7 Å². The van der Waals surface area contributed by atoms with E-state index in [9.17, 15) is 9.59 Å². The number of nitrogens with zero attached hydrogens (tertiary/aromatic N) is 3. The number of rotatable bonds is 3. The van der Waals surface area contributed by atoms with E-state index < -0.39 is 0 Å². The minimum Gasteiger partial charge on any atom is -0.324 e. The second kappa shape index (κ2) is 6.15. The molecule has 2 aromatic heterocycles. The lowest BCUT2D eigenvalue weighted by molar-refractivity contribution is -0.116. The highest BCUT2D eigenvalue weighted by molar-refractivity contribution is 5.91. The molecular weight excluding hydrogens is 328 g/mol. The first-order valence-electron chi connectivity index (χ1n) is 8.38. The third-order valence-electron chi connectivity index (χ3n) is 4.48. The number of hydrogen-bond donors (Lipinski definition) is 1. The molecule has 130 valence electrons. The van der Waals surface area contributed by atoms with Gasteiger partial charge in [0.1, 0.15) is 6.54 Å². The normalized spacial score (nSPS) is 11.2. The number of aromatic nitrogens is 3. The summed E-state index contributed by atoms with van der Waals surface area (Å²) in [5.41, 5.74) is 3.78. The van der Waals surface area contributed by atoms with Crippen LogP contribution in [0.25, 0.3) is 16.8 Å². The van der Waals surface area contributed by atoms with Crippen LogP contribution in [0.1, 0.15) is 11.3 Å². The van der Waals surface area contributed by atoms with Crippen LogP contribution < -0.4 is 10.9 Å². The van der Waals surface area contributed by atoms with Gasteiger partial charge in [-0.15, -0.1) is 0 Å². The lowest BCUT2D eigenvalue weighted by Crippen LogP contribution is -2.25. The molecule has 6 heteroatoms. The van der Waals surface area contributed by atoms with Crippen molar-refractivity contribution in [3.8, 4) is 0 Å². The maximum Gasteiger partial charge on any atom is 0.259 e. The highest BCUT2D eigenvalue weighted by Crippen LogP contribution is 2.17. The number of carbonyl (C=O) groups is 1. The molecule has 0 aliphatic carbocycles. The Bertz CT molecular complexity index is 1200. The van der Waals surface area contributed by atoms with Gasteiger partial charge in [-0.3, -0.25) is 9.59 Å². The van der Waals surface area contributed by atoms with E-state index in [1.54, 1.807) is 8.97 Å². The van der Waals surface area contributed by atoms with Gasteiger partial charge in [-0.25, -0.2) is 9.38 Å². The molecule has 0 aliphatic rings. The van der Waals surface area contributed by atoms with Crippen LogP contribution in [-0.4, -0.2) is 19.9 Å². The van der Waals surface area contributed by atoms with Crippen LogP contribution in [0.2, 0.25) is 0 Å². The molecule has 0 saturated heterocycles. The Morgan fingerprint density at radius 2 is 1.81 bits per heavy atom. The number of aryl methyl sites for hydroxylation is 2. The Labute approximate surface area is 149 Å². The molecule has 4 aromatic rings. The number of imidazole rings is 1. The summed E-state index contributed by atoms with van der Waals surface area (Å²) in [5.74, 6) is 0.302. The van der Waals surface area contributed by atoms with Gasteiger partial charge in [-0.1, -0.05) is 30.3 Å². The van der Waals surface area contributed by atoms with E-state index in [-0.39, 0.29) is 18.0 Å². The molecule has 1 amide bonds. The van der Waals surface area contributed by atoms with Crippen molar-refractivity contribution in [2.45, 2.75) is 20.4 Å². The molecule has 0 unspecified atom stereocenters. The second-order valence-electron chi connectivity index (χ2n) is 6.31. The maximum absolute atomic E-state index is 12.6. The molecule has 4 rings (SSSR count). The summed E-state index contributed by atoms with van der Waals surface area (Å²) in [6.07, 6.45) is 0. The van der Waals surface area contributed by atoms with E-state index >= 15 is 0 Å². The van der Waals surface area contributed by atoms with Gasteiger partial charge >= 0.3 is 0 Å². The van der Waals surface area contributed by atoms with Gasteiger partial charge in [0, 0.05) is 17.4 Å². The Kier molecular flexibility index (Phi) is 3.80. The zero-order valence-corrected chi connectivity index (χ0v) is 14.6. The van der Waals surface area contributed by atoms with E-state index in [0.29, 0.717) is 11.5 Å². The number of carbonyl (C=O) groups excluding carboxylic acids is 1. The standard InChI is InChI=1S/C20H18N4O2/c1-13-7-3-4-8-15(13)21-18(25)12-23-14(2)11-19(26)24-17-10-6-5-9-16(17)22-20(23)24/h3-11H,12H2,1-2H3,(H,21,25). The first-order valence-corrected chi connectivity index (χ1v) is 8.38. The summed E-state index contributed by atoms with van der Waals surface area (Å²) in [4.78, 5) is 29.6. The van der Waals surface area contributed by atoms with Crippen LogP contribution in [0.3, 0.4) is 0 Å². The Morgan fingerprint density at radius 1 is 1.08 bits per heavy atom. The van der Waals surface area contributed by atoms with Gasteiger partial charge in [-0.05, 0) is 37.6 Å². The SMILES string of the molecule is Cc1ccccc1NC(=O)Cn1c(C)cc(=O)n2c3ccccc3nc12. The van der Waals surface area contributed by atoms with Crippen molar-refractivity contribution < 1.29 is 4.79 Å². The quantitative estimate of drug-likeness (QED) is 0.620. The summed E-state index contributed by atoms with van der Waals surface area (Å²) < 4.78 is 3.30. The van der Waals surface area contributed by atoms with Gasteiger partial charge in [-0.2, -0.15) is 0 Å². The molecule has 6 nitrogen and oxygen atoms in total. The average Bonchev–Trinajstić information content (AvgIpc) is 3.00. The van der Waals surface area contributed by atoms with Gasteiger partial charge in [0.05, 0.1) is 11.0 Å². The zero-order valence-electron chi connectivity index (χ0n) is 14.6. The van der Waals surface area contributed by atoms with Crippen LogP contribution in [-0.2, 0) is 11.3 Å². The number of benzene rings is 2. The first-order chi connectivity index (χ1) is 12.5. The van der Waals surface area contributed by atoms with E-state index in [1.165, 1.54) is 6.07 Å². The number of nitrogens with one attached hydrogen (secondary N) is 1. The van der Waals surface area contributed by atoms with Crippen LogP contribution in [0.15, 0.2) is 59.4 Å². The summed E-state index contributed by atoms with van der Waals surface area (Å²) in [7, 11) is 0. The highest BCUT2D eigenvalue weighted by atomic mass is 16.2. The number of hydrogen-bond acceptors (Lipinski definition) is 3. The molecule has 26 heavy (non-hydrogen) atoms. The summed E-state index contributed by atoms with van der Waals surface area (Å²) in [5, 5.41) is 2.92. The van der Waals surface area contributed by atoms with Crippen molar-refractivity contribution >= 4 is 28.4 Å². The molecule has 2 heterocycles. The predicted molar refractivity (Wildman–Crippen MR) is 102 cm³/mol. The minimum absolute atomic E-state index is 0.0767. The lowest BCUT2D eigenvalue weighted by Gasteiger charge is -2.13. The van der Waals surface area contributed by atoms with Gasteiger partial charge in [0.15, 0.2) is 0 Å². The second-order valence-corrected chi connectivity index (χ2v) is 6.31. The van der Waals surface area contributed by atoms with E-state index in [4.69, 9.17) is 0 Å². The zero-order chi connectivity index (χ0) is 18.3. The number of amides is 1. The summed E-state index contributed by atoms with van der Waals surface area (Å²) in [6, 6.07) is 16.6. The molecule has 0 radical (unpaired) electrons. The molecule has 1 N–H and O–H groups in total. The van der Waals surface area contributed by atoms with Crippen molar-refractivity contribution in [1.29, 1.82) is 0 Å². The maximum atomic E-state index is 12.6. The van der Waals surface area contributed by atoms with Crippen molar-refractivity contribution in [3.05, 3.63) is 76.2 Å². The summed E-state index contributed by atoms with van der Waals surface area (Å²) >= 11 is 0. The minimum atomic E-state index is -0.167. The molecule has 0 fully saturated rings. The fourth-order valence-electron chi connectivity index (χ4n) is 3.13. The Balaban J connectivity index is 1.78. The first kappa shape index (κ1) is 16.1. The lowest BCUT2D eigenvalue weighted by atomic mass is 10.2. The van der Waals surface area contributed by atoms with Crippen LogP contribution >= 0.6 is 0 Å².